The lowest BCUT2D eigenvalue weighted by atomic mass is 10.2. The monoisotopic (exact) mass is 637 g/mol. The number of carbonyl (C=O) groups excluding carboxylic acids is 1. The molecule has 0 spiro atoms. The molecule has 1 heterocycles. The van der Waals surface area contributed by atoms with Crippen molar-refractivity contribution in [1.82, 2.24) is 4.31 Å². The summed E-state index contributed by atoms with van der Waals surface area (Å²) in [4.78, 5) is 13.1. The molecule has 1 N–H and O–H groups in total. The smallest absolute Gasteiger partial charge is 0.264 e. The van der Waals surface area contributed by atoms with Crippen molar-refractivity contribution < 1.29 is 35.8 Å². The summed E-state index contributed by atoms with van der Waals surface area (Å²) in [5, 5.41) is 3.01. The second-order valence-corrected chi connectivity index (χ2v) is 13.6. The first-order valence-electron chi connectivity index (χ1n) is 13.0. The molecule has 42 heavy (non-hydrogen) atoms. The maximum Gasteiger partial charge on any atom is 0.264 e. The molecule has 0 aliphatic carbocycles. The van der Waals surface area contributed by atoms with Gasteiger partial charge in [-0.05, 0) is 67.4 Å². The Balaban J connectivity index is 1.66. The van der Waals surface area contributed by atoms with Crippen molar-refractivity contribution in [2.24, 2.45) is 0 Å². The Kier molecular flexibility index (Phi) is 9.87. The standard InChI is InChI=1S/C28H32ClN3O8S2/c1-38-24-14-12-23(18-26(24)40-3)41(34,35)32(22-10-7-20(29)8-11-22)19-28(33)30-21-9-13-25(39-2)27(17-21)42(36,37)31-15-5-4-6-16-31/h7-14,17-18H,4-6,15-16,19H2,1-3H3,(H,30,33). The van der Waals surface area contributed by atoms with Crippen LogP contribution >= 0.6 is 11.6 Å². The zero-order valence-corrected chi connectivity index (χ0v) is 25.8. The van der Waals surface area contributed by atoms with Gasteiger partial charge in [-0.2, -0.15) is 4.31 Å². The third kappa shape index (κ3) is 6.75. The Morgan fingerprint density at radius 2 is 1.45 bits per heavy atom. The highest BCUT2D eigenvalue weighted by Gasteiger charge is 2.31. The van der Waals surface area contributed by atoms with Crippen molar-refractivity contribution in [3.63, 3.8) is 0 Å². The van der Waals surface area contributed by atoms with E-state index in [-0.39, 0.29) is 32.7 Å². The summed E-state index contributed by atoms with van der Waals surface area (Å²) in [6.07, 6.45) is 2.47. The number of amides is 1. The number of carbonyl (C=O) groups is 1. The van der Waals surface area contributed by atoms with Crippen LogP contribution in [-0.2, 0) is 24.8 Å². The Labute approximate surface area is 251 Å². The fourth-order valence-corrected chi connectivity index (χ4v) is 7.82. The molecule has 1 amide bonds. The van der Waals surface area contributed by atoms with Gasteiger partial charge in [0.2, 0.25) is 15.9 Å². The van der Waals surface area contributed by atoms with Gasteiger partial charge < -0.3 is 19.5 Å². The molecule has 1 aliphatic rings. The van der Waals surface area contributed by atoms with Crippen LogP contribution < -0.4 is 23.8 Å². The number of benzene rings is 3. The fraction of sp³-hybridized carbons (Fsp3) is 0.321. The quantitative estimate of drug-likeness (QED) is 0.328. The molecule has 1 saturated heterocycles. The number of sulfonamides is 2. The minimum atomic E-state index is -4.30. The lowest BCUT2D eigenvalue weighted by molar-refractivity contribution is -0.114. The number of methoxy groups -OCH3 is 3. The third-order valence-corrected chi connectivity index (χ3v) is 10.7. The second kappa shape index (κ2) is 13.2. The van der Waals surface area contributed by atoms with Crippen molar-refractivity contribution >= 4 is 48.9 Å². The van der Waals surface area contributed by atoms with Gasteiger partial charge in [-0.3, -0.25) is 9.10 Å². The average Bonchev–Trinajstić information content (AvgIpc) is 3.00. The maximum atomic E-state index is 13.8. The zero-order valence-electron chi connectivity index (χ0n) is 23.4. The van der Waals surface area contributed by atoms with Crippen LogP contribution in [0.25, 0.3) is 0 Å². The van der Waals surface area contributed by atoms with E-state index in [1.807, 2.05) is 0 Å². The number of rotatable bonds is 11. The van der Waals surface area contributed by atoms with Crippen molar-refractivity contribution in [1.29, 1.82) is 0 Å². The number of ether oxygens (including phenoxy) is 3. The molecular formula is C28H32ClN3O8S2. The Bertz CT molecular complexity index is 1640. The van der Waals surface area contributed by atoms with E-state index in [1.54, 1.807) is 0 Å². The maximum absolute atomic E-state index is 13.8. The summed E-state index contributed by atoms with van der Waals surface area (Å²) >= 11 is 6.03. The van der Waals surface area contributed by atoms with Crippen LogP contribution in [0.2, 0.25) is 5.02 Å². The number of nitrogens with one attached hydrogen (secondary N) is 1. The third-order valence-electron chi connectivity index (χ3n) is 6.73. The molecule has 3 aromatic carbocycles. The van der Waals surface area contributed by atoms with Crippen LogP contribution in [0.3, 0.4) is 0 Å². The molecule has 14 heteroatoms. The molecule has 0 unspecified atom stereocenters. The number of hydrogen-bond acceptors (Lipinski definition) is 8. The first kappa shape index (κ1) is 31.4. The van der Waals surface area contributed by atoms with E-state index in [4.69, 9.17) is 25.8 Å². The Hall–Kier alpha value is -3.52. The van der Waals surface area contributed by atoms with E-state index in [9.17, 15) is 21.6 Å². The summed E-state index contributed by atoms with van der Waals surface area (Å²) in [5.74, 6) is -0.0419. The number of nitrogens with zero attached hydrogens (tertiary/aromatic N) is 2. The molecular weight excluding hydrogens is 606 g/mol. The van der Waals surface area contributed by atoms with Gasteiger partial charge in [-0.25, -0.2) is 16.8 Å². The predicted octanol–water partition coefficient (Wildman–Crippen LogP) is 4.37. The van der Waals surface area contributed by atoms with Crippen LogP contribution in [0.1, 0.15) is 19.3 Å². The fourth-order valence-electron chi connectivity index (χ4n) is 4.56. The van der Waals surface area contributed by atoms with Gasteiger partial charge in [0.15, 0.2) is 11.5 Å². The predicted molar refractivity (Wildman–Crippen MR) is 160 cm³/mol. The van der Waals surface area contributed by atoms with E-state index in [0.717, 1.165) is 23.6 Å². The molecule has 0 radical (unpaired) electrons. The molecule has 3 aromatic rings. The van der Waals surface area contributed by atoms with E-state index < -0.39 is 32.5 Å². The van der Waals surface area contributed by atoms with Crippen LogP contribution in [0.5, 0.6) is 17.2 Å². The Morgan fingerprint density at radius 3 is 2.07 bits per heavy atom. The topological polar surface area (TPSA) is 132 Å². The molecule has 0 aromatic heterocycles. The van der Waals surface area contributed by atoms with Crippen LogP contribution in [-0.4, -0.2) is 68.0 Å². The van der Waals surface area contributed by atoms with Gasteiger partial charge >= 0.3 is 0 Å². The number of halogens is 1. The molecule has 226 valence electrons. The first-order valence-corrected chi connectivity index (χ1v) is 16.3. The van der Waals surface area contributed by atoms with Crippen LogP contribution in [0.4, 0.5) is 11.4 Å². The first-order chi connectivity index (χ1) is 20.0. The highest BCUT2D eigenvalue weighted by Crippen LogP contribution is 2.34. The summed E-state index contributed by atoms with van der Waals surface area (Å²) < 4.78 is 72.6. The summed E-state index contributed by atoms with van der Waals surface area (Å²) in [5.41, 5.74) is 0.350. The van der Waals surface area contributed by atoms with Gasteiger partial charge in [0, 0.05) is 29.9 Å². The molecule has 4 rings (SSSR count). The van der Waals surface area contributed by atoms with Gasteiger partial charge in [-0.1, -0.05) is 18.0 Å². The highest BCUT2D eigenvalue weighted by molar-refractivity contribution is 7.92. The van der Waals surface area contributed by atoms with Crippen molar-refractivity contribution in [3.8, 4) is 17.2 Å². The average molecular weight is 638 g/mol. The van der Waals surface area contributed by atoms with Crippen LogP contribution in [0.15, 0.2) is 70.5 Å². The number of piperidine rings is 1. The van der Waals surface area contributed by atoms with Gasteiger partial charge in [0.1, 0.15) is 17.2 Å². The number of anilines is 2. The molecule has 11 nitrogen and oxygen atoms in total. The highest BCUT2D eigenvalue weighted by atomic mass is 35.5. The van der Waals surface area contributed by atoms with Gasteiger partial charge in [0.25, 0.3) is 10.0 Å². The van der Waals surface area contributed by atoms with Crippen LogP contribution in [0, 0.1) is 0 Å². The lowest BCUT2D eigenvalue weighted by Crippen LogP contribution is -2.38. The second-order valence-electron chi connectivity index (χ2n) is 9.38. The molecule has 1 aliphatic heterocycles. The van der Waals surface area contributed by atoms with E-state index >= 15 is 0 Å². The van der Waals surface area contributed by atoms with Gasteiger partial charge in [0.05, 0.1) is 31.9 Å². The SMILES string of the molecule is COc1ccc(S(=O)(=O)N(CC(=O)Nc2ccc(OC)c(S(=O)(=O)N3CCCCC3)c2)c2ccc(Cl)cc2)cc1OC. The van der Waals surface area contributed by atoms with Crippen molar-refractivity contribution in [2.45, 2.75) is 29.1 Å². The Morgan fingerprint density at radius 1 is 0.833 bits per heavy atom. The lowest BCUT2D eigenvalue weighted by Gasteiger charge is -2.27. The van der Waals surface area contributed by atoms with E-state index in [0.29, 0.717) is 23.9 Å². The largest absolute Gasteiger partial charge is 0.495 e. The van der Waals surface area contributed by atoms with E-state index in [1.165, 1.54) is 86.3 Å². The minimum absolute atomic E-state index is 0.0859. The molecule has 0 saturated carbocycles. The molecule has 1 fully saturated rings. The zero-order chi connectivity index (χ0) is 30.5. The number of hydrogen-bond donors (Lipinski definition) is 1. The summed E-state index contributed by atoms with van der Waals surface area (Å²) in [7, 11) is -4.01. The summed E-state index contributed by atoms with van der Waals surface area (Å²) in [6.45, 7) is 0.164. The minimum Gasteiger partial charge on any atom is -0.495 e. The molecule has 0 atom stereocenters. The van der Waals surface area contributed by atoms with Crippen molar-refractivity contribution in [3.05, 3.63) is 65.7 Å². The van der Waals surface area contributed by atoms with E-state index in [2.05, 4.69) is 5.32 Å². The van der Waals surface area contributed by atoms with Crippen molar-refractivity contribution in [2.75, 3.05) is 50.6 Å². The van der Waals surface area contributed by atoms with Gasteiger partial charge in [-0.15, -0.1) is 0 Å². The normalized spacial score (nSPS) is 14.2. The summed E-state index contributed by atoms with van der Waals surface area (Å²) in [6, 6.07) is 14.3. The molecule has 0 bridgehead atoms.